The Morgan fingerprint density at radius 3 is 2.38 bits per heavy atom. The zero-order chi connectivity index (χ0) is 23.1. The van der Waals surface area contributed by atoms with Crippen molar-refractivity contribution in [2.24, 2.45) is 0 Å². The summed E-state index contributed by atoms with van der Waals surface area (Å²) in [4.78, 5) is 12.5. The van der Waals surface area contributed by atoms with Crippen molar-refractivity contribution in [1.29, 1.82) is 0 Å². The van der Waals surface area contributed by atoms with Crippen LogP contribution in [0.4, 0.5) is 0 Å². The summed E-state index contributed by atoms with van der Waals surface area (Å²) in [6.45, 7) is 0.266. The van der Waals surface area contributed by atoms with Gasteiger partial charge in [-0.05, 0) is 29.8 Å². The Labute approximate surface area is 192 Å². The SMILES string of the molecule is COc1cccc(CNC(=O)c2ccc(Cl)c(S(=O)(=O)NCc3ccccc3)c2)c1OC. The van der Waals surface area contributed by atoms with Crippen LogP contribution in [-0.4, -0.2) is 28.5 Å². The van der Waals surface area contributed by atoms with E-state index >= 15 is 0 Å². The number of hydrogen-bond acceptors (Lipinski definition) is 5. The van der Waals surface area contributed by atoms with Gasteiger partial charge in [-0.2, -0.15) is 0 Å². The summed E-state index contributed by atoms with van der Waals surface area (Å²) in [5.74, 6) is 0.606. The third-order valence-electron chi connectivity index (χ3n) is 4.72. The van der Waals surface area contributed by atoms with Crippen LogP contribution >= 0.6 is 11.6 Å². The van der Waals surface area contributed by atoms with E-state index in [1.807, 2.05) is 18.2 Å². The van der Waals surface area contributed by atoms with Gasteiger partial charge in [0.05, 0.1) is 19.2 Å². The Morgan fingerprint density at radius 1 is 0.938 bits per heavy atom. The molecule has 2 N–H and O–H groups in total. The van der Waals surface area contributed by atoms with E-state index in [2.05, 4.69) is 10.0 Å². The number of methoxy groups -OCH3 is 2. The molecule has 32 heavy (non-hydrogen) atoms. The van der Waals surface area contributed by atoms with Gasteiger partial charge in [0.2, 0.25) is 10.0 Å². The Balaban J connectivity index is 1.75. The number of nitrogens with one attached hydrogen (secondary N) is 2. The highest BCUT2D eigenvalue weighted by Crippen LogP contribution is 2.30. The summed E-state index contributed by atoms with van der Waals surface area (Å²) < 4.78 is 38.7. The number of sulfonamides is 1. The number of halogens is 1. The van der Waals surface area contributed by atoms with Gasteiger partial charge in [0.15, 0.2) is 11.5 Å². The van der Waals surface area contributed by atoms with Gasteiger partial charge in [-0.15, -0.1) is 0 Å². The predicted octanol–water partition coefficient (Wildman–Crippen LogP) is 3.77. The molecule has 9 heteroatoms. The first-order chi connectivity index (χ1) is 15.4. The molecule has 0 spiro atoms. The van der Waals surface area contributed by atoms with Crippen molar-refractivity contribution >= 4 is 27.5 Å². The number of carbonyl (C=O) groups excluding carboxylic acids is 1. The number of rotatable bonds is 9. The molecule has 3 aromatic rings. The smallest absolute Gasteiger partial charge is 0.251 e. The first-order valence-electron chi connectivity index (χ1n) is 9.67. The molecule has 0 aliphatic heterocycles. The number of benzene rings is 3. The van der Waals surface area contributed by atoms with Crippen molar-refractivity contribution in [1.82, 2.24) is 10.0 Å². The third kappa shape index (κ3) is 5.59. The number of amides is 1. The second-order valence-electron chi connectivity index (χ2n) is 6.79. The van der Waals surface area contributed by atoms with Crippen molar-refractivity contribution in [2.75, 3.05) is 14.2 Å². The van der Waals surface area contributed by atoms with E-state index in [9.17, 15) is 13.2 Å². The van der Waals surface area contributed by atoms with Crippen molar-refractivity contribution in [2.45, 2.75) is 18.0 Å². The molecule has 0 fully saturated rings. The van der Waals surface area contributed by atoms with Gasteiger partial charge in [0, 0.05) is 24.2 Å². The van der Waals surface area contributed by atoms with Crippen LogP contribution < -0.4 is 19.5 Å². The Hall–Kier alpha value is -3.07. The first kappa shape index (κ1) is 23.6. The summed E-state index contributed by atoms with van der Waals surface area (Å²) >= 11 is 6.13. The zero-order valence-electron chi connectivity index (χ0n) is 17.6. The fraction of sp³-hybridized carbons (Fsp3) is 0.174. The number of ether oxygens (including phenoxy) is 2. The minimum atomic E-state index is -3.93. The van der Waals surface area contributed by atoms with Gasteiger partial charge in [0.1, 0.15) is 4.90 Å². The molecular weight excluding hydrogens is 452 g/mol. The van der Waals surface area contributed by atoms with Crippen LogP contribution in [0.5, 0.6) is 11.5 Å². The predicted molar refractivity (Wildman–Crippen MR) is 123 cm³/mol. The van der Waals surface area contributed by atoms with E-state index in [0.717, 1.165) is 5.56 Å². The van der Waals surface area contributed by atoms with Crippen LogP contribution in [0.25, 0.3) is 0 Å². The highest BCUT2D eigenvalue weighted by Gasteiger charge is 2.20. The minimum Gasteiger partial charge on any atom is -0.493 e. The van der Waals surface area contributed by atoms with Crippen LogP contribution in [0, 0.1) is 0 Å². The van der Waals surface area contributed by atoms with E-state index in [-0.39, 0.29) is 28.6 Å². The summed E-state index contributed by atoms with van der Waals surface area (Å²) in [5, 5.41) is 2.79. The summed E-state index contributed by atoms with van der Waals surface area (Å²) in [6, 6.07) is 18.5. The Bertz CT molecular complexity index is 1200. The van der Waals surface area contributed by atoms with Crippen LogP contribution in [0.2, 0.25) is 5.02 Å². The molecular formula is C23H23ClN2O5S. The lowest BCUT2D eigenvalue weighted by Crippen LogP contribution is -2.26. The van der Waals surface area contributed by atoms with Crippen LogP contribution in [0.3, 0.4) is 0 Å². The lowest BCUT2D eigenvalue weighted by Gasteiger charge is -2.14. The first-order valence-corrected chi connectivity index (χ1v) is 11.5. The van der Waals surface area contributed by atoms with Crippen molar-refractivity contribution in [3.8, 4) is 11.5 Å². The van der Waals surface area contributed by atoms with Gasteiger partial charge >= 0.3 is 0 Å². The van der Waals surface area contributed by atoms with E-state index < -0.39 is 15.9 Å². The maximum atomic E-state index is 12.8. The van der Waals surface area contributed by atoms with Crippen LogP contribution in [0.15, 0.2) is 71.6 Å². The van der Waals surface area contributed by atoms with Crippen molar-refractivity contribution in [3.05, 3.63) is 88.4 Å². The quantitative estimate of drug-likeness (QED) is 0.492. The average Bonchev–Trinajstić information content (AvgIpc) is 2.81. The second-order valence-corrected chi connectivity index (χ2v) is 8.93. The molecule has 0 unspecified atom stereocenters. The standard InChI is InChI=1S/C23H23ClN2O5S/c1-30-20-10-6-9-18(22(20)31-2)15-25-23(27)17-11-12-19(24)21(13-17)32(28,29)26-14-16-7-4-3-5-8-16/h3-13,26H,14-15H2,1-2H3,(H,25,27). The summed E-state index contributed by atoms with van der Waals surface area (Å²) in [6.07, 6.45) is 0. The Kier molecular flexibility index (Phi) is 7.74. The van der Waals surface area contributed by atoms with E-state index in [1.165, 1.54) is 32.4 Å². The van der Waals surface area contributed by atoms with Crippen molar-refractivity contribution < 1.29 is 22.7 Å². The fourth-order valence-electron chi connectivity index (χ4n) is 3.07. The highest BCUT2D eigenvalue weighted by molar-refractivity contribution is 7.89. The molecule has 0 bridgehead atoms. The molecule has 0 heterocycles. The van der Waals surface area contributed by atoms with E-state index in [4.69, 9.17) is 21.1 Å². The van der Waals surface area contributed by atoms with Crippen molar-refractivity contribution in [3.63, 3.8) is 0 Å². The fourth-order valence-corrected chi connectivity index (χ4v) is 4.61. The van der Waals surface area contributed by atoms with E-state index in [1.54, 1.807) is 30.3 Å². The largest absolute Gasteiger partial charge is 0.493 e. The molecule has 0 saturated heterocycles. The van der Waals surface area contributed by atoms with Gasteiger partial charge in [-0.3, -0.25) is 4.79 Å². The molecule has 7 nitrogen and oxygen atoms in total. The molecule has 0 aliphatic rings. The van der Waals surface area contributed by atoms with E-state index in [0.29, 0.717) is 17.1 Å². The normalized spacial score (nSPS) is 11.1. The van der Waals surface area contributed by atoms with Crippen LogP contribution in [0.1, 0.15) is 21.5 Å². The lowest BCUT2D eigenvalue weighted by atomic mass is 10.1. The summed E-state index contributed by atoms with van der Waals surface area (Å²) in [5.41, 5.74) is 1.68. The number of para-hydroxylation sites is 1. The molecule has 1 amide bonds. The molecule has 3 aromatic carbocycles. The highest BCUT2D eigenvalue weighted by atomic mass is 35.5. The van der Waals surface area contributed by atoms with Gasteiger partial charge < -0.3 is 14.8 Å². The number of hydrogen-bond donors (Lipinski definition) is 2. The third-order valence-corrected chi connectivity index (χ3v) is 6.60. The maximum absolute atomic E-state index is 12.8. The summed E-state index contributed by atoms with van der Waals surface area (Å²) in [7, 11) is -0.885. The molecule has 0 aliphatic carbocycles. The molecule has 0 atom stereocenters. The topological polar surface area (TPSA) is 93.7 Å². The molecule has 0 aromatic heterocycles. The molecule has 0 saturated carbocycles. The zero-order valence-corrected chi connectivity index (χ0v) is 19.2. The average molecular weight is 475 g/mol. The molecule has 0 radical (unpaired) electrons. The minimum absolute atomic E-state index is 0.0246. The monoisotopic (exact) mass is 474 g/mol. The lowest BCUT2D eigenvalue weighted by molar-refractivity contribution is 0.0950. The molecule has 168 valence electrons. The maximum Gasteiger partial charge on any atom is 0.251 e. The van der Waals surface area contributed by atoms with Gasteiger partial charge in [0.25, 0.3) is 5.91 Å². The number of carbonyl (C=O) groups is 1. The van der Waals surface area contributed by atoms with Gasteiger partial charge in [-0.1, -0.05) is 54.1 Å². The second kappa shape index (κ2) is 10.5. The van der Waals surface area contributed by atoms with Gasteiger partial charge in [-0.25, -0.2) is 13.1 Å². The Morgan fingerprint density at radius 2 is 1.69 bits per heavy atom. The van der Waals surface area contributed by atoms with Crippen LogP contribution in [-0.2, 0) is 23.1 Å². The molecule has 3 rings (SSSR count).